The molecule has 3 rings (SSSR count). The molecule has 0 bridgehead atoms. The molecule has 1 aliphatic rings. The summed E-state index contributed by atoms with van der Waals surface area (Å²) in [6, 6.07) is 4.63. The Morgan fingerprint density at radius 1 is 1.03 bits per heavy atom. The van der Waals surface area contributed by atoms with Gasteiger partial charge in [0, 0.05) is 45.8 Å². The minimum Gasteiger partial charge on any atom is -0.444 e. The summed E-state index contributed by atoms with van der Waals surface area (Å²) in [5.74, 6) is -0.0980. The fraction of sp³-hybridized carbons (Fsp3) is 0.455. The molecule has 170 valence electrons. The number of amides is 3. The second kappa shape index (κ2) is 9.29. The van der Waals surface area contributed by atoms with Crippen molar-refractivity contribution in [3.63, 3.8) is 0 Å². The number of aromatic nitrogens is 3. The van der Waals surface area contributed by atoms with Crippen LogP contribution in [0.1, 0.15) is 49.4 Å². The Bertz CT molecular complexity index is 991. The number of anilines is 1. The van der Waals surface area contributed by atoms with Crippen LogP contribution < -0.4 is 4.90 Å². The van der Waals surface area contributed by atoms with E-state index in [1.54, 1.807) is 59.3 Å². The Labute approximate surface area is 187 Å². The third-order valence-electron chi connectivity index (χ3n) is 4.94. The summed E-state index contributed by atoms with van der Waals surface area (Å²) in [5, 5.41) is 0. The van der Waals surface area contributed by atoms with Crippen molar-refractivity contribution in [2.75, 3.05) is 32.1 Å². The van der Waals surface area contributed by atoms with Crippen LogP contribution in [0.2, 0.25) is 0 Å². The van der Waals surface area contributed by atoms with Gasteiger partial charge in [0.1, 0.15) is 11.4 Å². The number of carbonyl (C=O) groups excluding carboxylic acids is 3. The lowest BCUT2D eigenvalue weighted by Crippen LogP contribution is -2.41. The van der Waals surface area contributed by atoms with Gasteiger partial charge in [-0.1, -0.05) is 6.07 Å². The van der Waals surface area contributed by atoms with Crippen molar-refractivity contribution in [1.29, 1.82) is 0 Å². The number of likely N-dealkylation sites (N-methyl/N-ethyl adjacent to an activating group) is 2. The summed E-state index contributed by atoms with van der Waals surface area (Å²) in [5.41, 5.74) is 0.0878. The zero-order valence-electron chi connectivity index (χ0n) is 19.0. The first-order chi connectivity index (χ1) is 15.1. The number of fused-ring (bicyclic) bond motifs is 1. The van der Waals surface area contributed by atoms with Gasteiger partial charge in [0.05, 0.1) is 18.2 Å². The summed E-state index contributed by atoms with van der Waals surface area (Å²) in [4.78, 5) is 55.2. The first kappa shape index (κ1) is 23.1. The highest BCUT2D eigenvalue weighted by Gasteiger charge is 2.42. The number of rotatable bonds is 6. The molecule has 1 aliphatic heterocycles. The van der Waals surface area contributed by atoms with Gasteiger partial charge < -0.3 is 14.5 Å². The molecule has 0 N–H and O–H groups in total. The molecule has 0 fully saturated rings. The first-order valence-corrected chi connectivity index (χ1v) is 10.3. The molecule has 0 aliphatic carbocycles. The lowest BCUT2D eigenvalue weighted by atomic mass is 10.1. The molecule has 3 heterocycles. The average molecular weight is 441 g/mol. The third-order valence-corrected chi connectivity index (χ3v) is 4.94. The monoisotopic (exact) mass is 440 g/mol. The molecule has 2 aromatic heterocycles. The van der Waals surface area contributed by atoms with Crippen LogP contribution >= 0.6 is 0 Å². The van der Waals surface area contributed by atoms with Gasteiger partial charge in [-0.3, -0.25) is 19.5 Å². The topological polar surface area (TPSA) is 109 Å². The molecule has 0 saturated carbocycles. The molecule has 0 spiro atoms. The Balaban J connectivity index is 1.69. The highest BCUT2D eigenvalue weighted by Crippen LogP contribution is 2.36. The summed E-state index contributed by atoms with van der Waals surface area (Å²) < 4.78 is 5.33. The van der Waals surface area contributed by atoms with Crippen molar-refractivity contribution in [2.24, 2.45) is 0 Å². The Morgan fingerprint density at radius 2 is 1.72 bits per heavy atom. The van der Waals surface area contributed by atoms with Crippen molar-refractivity contribution in [2.45, 2.75) is 38.8 Å². The molecular formula is C22H28N6O4. The van der Waals surface area contributed by atoms with E-state index in [0.717, 1.165) is 0 Å². The van der Waals surface area contributed by atoms with Crippen molar-refractivity contribution in [3.05, 3.63) is 48.2 Å². The zero-order chi connectivity index (χ0) is 23.5. The highest BCUT2D eigenvalue weighted by atomic mass is 16.6. The van der Waals surface area contributed by atoms with Crippen LogP contribution in [0.4, 0.5) is 10.6 Å². The molecule has 1 atom stereocenters. The zero-order valence-corrected chi connectivity index (χ0v) is 19.0. The standard InChI is InChI=1S/C22H28N6O4/c1-22(2,3)32-21(31)27(5)13-12-26(4)17(29)14-15-18-19(25-11-10-24-18)20(30)28(15)16-8-6-7-9-23-16/h6-11,15H,12-14H2,1-5H3. The second-order valence-electron chi connectivity index (χ2n) is 8.59. The summed E-state index contributed by atoms with van der Waals surface area (Å²) in [6.45, 7) is 6.01. The average Bonchev–Trinajstić information content (AvgIpc) is 3.03. The van der Waals surface area contributed by atoms with Crippen LogP contribution in [0, 0.1) is 0 Å². The van der Waals surface area contributed by atoms with Gasteiger partial charge in [0.25, 0.3) is 5.91 Å². The molecule has 2 aromatic rings. The molecule has 32 heavy (non-hydrogen) atoms. The van der Waals surface area contributed by atoms with Gasteiger partial charge in [0.2, 0.25) is 5.91 Å². The fourth-order valence-corrected chi connectivity index (χ4v) is 3.26. The van der Waals surface area contributed by atoms with Crippen molar-refractivity contribution >= 4 is 23.7 Å². The van der Waals surface area contributed by atoms with Crippen molar-refractivity contribution in [3.8, 4) is 0 Å². The lowest BCUT2D eigenvalue weighted by Gasteiger charge is -2.28. The number of ether oxygens (including phenoxy) is 1. The fourth-order valence-electron chi connectivity index (χ4n) is 3.26. The maximum atomic E-state index is 13.0. The second-order valence-corrected chi connectivity index (χ2v) is 8.59. The molecular weight excluding hydrogens is 412 g/mol. The van der Waals surface area contributed by atoms with Crippen LogP contribution in [-0.2, 0) is 9.53 Å². The van der Waals surface area contributed by atoms with E-state index in [-0.39, 0.29) is 23.9 Å². The molecule has 0 saturated heterocycles. The van der Waals surface area contributed by atoms with Crippen LogP contribution in [0.5, 0.6) is 0 Å². The summed E-state index contributed by atoms with van der Waals surface area (Å²) in [7, 11) is 3.28. The van der Waals surface area contributed by atoms with Gasteiger partial charge in [-0.2, -0.15) is 0 Å². The minimum absolute atomic E-state index is 0.0145. The minimum atomic E-state index is -0.611. The highest BCUT2D eigenvalue weighted by molar-refractivity contribution is 6.09. The SMILES string of the molecule is CN(CCN(C)C(=O)OC(C)(C)C)C(=O)CC1c2nccnc2C(=O)N1c1ccccn1. The molecule has 10 heteroatoms. The van der Waals surface area contributed by atoms with Gasteiger partial charge >= 0.3 is 6.09 Å². The Kier molecular flexibility index (Phi) is 6.71. The van der Waals surface area contributed by atoms with E-state index >= 15 is 0 Å². The Morgan fingerprint density at radius 3 is 2.38 bits per heavy atom. The molecule has 1 unspecified atom stereocenters. The molecule has 10 nitrogen and oxygen atoms in total. The van der Waals surface area contributed by atoms with Gasteiger partial charge in [0.15, 0.2) is 5.69 Å². The first-order valence-electron chi connectivity index (χ1n) is 10.3. The van der Waals surface area contributed by atoms with Gasteiger partial charge in [-0.15, -0.1) is 0 Å². The van der Waals surface area contributed by atoms with Crippen LogP contribution in [0.15, 0.2) is 36.8 Å². The quantitative estimate of drug-likeness (QED) is 0.678. The van der Waals surface area contributed by atoms with E-state index in [0.29, 0.717) is 24.6 Å². The largest absolute Gasteiger partial charge is 0.444 e. The summed E-state index contributed by atoms with van der Waals surface area (Å²) >= 11 is 0. The number of nitrogens with zero attached hydrogens (tertiary/aromatic N) is 6. The Hall–Kier alpha value is -3.56. The van der Waals surface area contributed by atoms with Gasteiger partial charge in [-0.05, 0) is 32.9 Å². The smallest absolute Gasteiger partial charge is 0.410 e. The number of pyridine rings is 1. The maximum Gasteiger partial charge on any atom is 0.410 e. The summed E-state index contributed by atoms with van der Waals surface area (Å²) in [6.07, 6.45) is 4.11. The van der Waals surface area contributed by atoms with E-state index in [1.807, 2.05) is 0 Å². The molecule has 3 amide bonds. The molecule has 0 radical (unpaired) electrons. The van der Waals surface area contributed by atoms with E-state index in [4.69, 9.17) is 4.74 Å². The number of hydrogen-bond donors (Lipinski definition) is 0. The van der Waals surface area contributed by atoms with Gasteiger partial charge in [-0.25, -0.2) is 14.8 Å². The van der Waals surface area contributed by atoms with Crippen LogP contribution in [-0.4, -0.2) is 75.4 Å². The third kappa shape index (κ3) is 5.19. The van der Waals surface area contributed by atoms with Crippen LogP contribution in [0.25, 0.3) is 0 Å². The van der Waals surface area contributed by atoms with E-state index in [2.05, 4.69) is 15.0 Å². The normalized spacial score (nSPS) is 15.3. The predicted octanol–water partition coefficient (Wildman–Crippen LogP) is 2.29. The number of carbonyl (C=O) groups is 3. The number of hydrogen-bond acceptors (Lipinski definition) is 7. The van der Waals surface area contributed by atoms with Crippen molar-refractivity contribution in [1.82, 2.24) is 24.8 Å². The van der Waals surface area contributed by atoms with Crippen molar-refractivity contribution < 1.29 is 19.1 Å². The van der Waals surface area contributed by atoms with E-state index in [9.17, 15) is 14.4 Å². The van der Waals surface area contributed by atoms with Crippen LogP contribution in [0.3, 0.4) is 0 Å². The molecule has 0 aromatic carbocycles. The predicted molar refractivity (Wildman–Crippen MR) is 117 cm³/mol. The maximum absolute atomic E-state index is 13.0. The van der Waals surface area contributed by atoms with E-state index in [1.165, 1.54) is 27.1 Å². The van der Waals surface area contributed by atoms with E-state index < -0.39 is 17.7 Å². The lowest BCUT2D eigenvalue weighted by molar-refractivity contribution is -0.130.